The summed E-state index contributed by atoms with van der Waals surface area (Å²) in [5.41, 5.74) is 7.41. The van der Waals surface area contributed by atoms with Gasteiger partial charge < -0.3 is 20.7 Å². The van der Waals surface area contributed by atoms with Crippen LogP contribution in [0.15, 0.2) is 24.3 Å². The van der Waals surface area contributed by atoms with Crippen LogP contribution in [0.25, 0.3) is 0 Å². The number of hydrogen-bond acceptors (Lipinski definition) is 4. The zero-order chi connectivity index (χ0) is 15.5. The maximum atomic E-state index is 11.9. The van der Waals surface area contributed by atoms with Crippen molar-refractivity contribution < 1.29 is 9.53 Å². The lowest BCUT2D eigenvalue weighted by molar-refractivity contribution is -0.116. The molecule has 3 N–H and O–H groups in total. The number of carbonyl (C=O) groups excluding carboxylic acids is 1. The summed E-state index contributed by atoms with van der Waals surface area (Å²) >= 11 is 0. The number of ether oxygens (including phenoxy) is 1. The van der Waals surface area contributed by atoms with Crippen molar-refractivity contribution in [3.8, 4) is 0 Å². The van der Waals surface area contributed by atoms with Crippen molar-refractivity contribution in [2.24, 2.45) is 5.73 Å². The number of benzene rings is 1. The van der Waals surface area contributed by atoms with Crippen LogP contribution in [0.3, 0.4) is 0 Å². The van der Waals surface area contributed by atoms with Crippen molar-refractivity contribution in [1.29, 1.82) is 0 Å². The van der Waals surface area contributed by atoms with Gasteiger partial charge in [0.1, 0.15) is 0 Å². The van der Waals surface area contributed by atoms with E-state index in [2.05, 4.69) is 10.2 Å². The third kappa shape index (κ3) is 7.80. The van der Waals surface area contributed by atoms with Gasteiger partial charge in [-0.25, -0.2) is 0 Å². The van der Waals surface area contributed by atoms with Crippen LogP contribution in [0, 0.1) is 0 Å². The van der Waals surface area contributed by atoms with Crippen LogP contribution in [-0.2, 0) is 16.1 Å². The maximum absolute atomic E-state index is 11.9. The molecule has 0 spiro atoms. The van der Waals surface area contributed by atoms with Crippen LogP contribution in [0.4, 0.5) is 5.69 Å². The second kappa shape index (κ2) is 10.3. The predicted molar refractivity (Wildman–Crippen MR) is 86.2 cm³/mol. The molecule has 1 aromatic carbocycles. The molecule has 0 unspecified atom stereocenters. The van der Waals surface area contributed by atoms with Crippen molar-refractivity contribution in [2.45, 2.75) is 26.3 Å². The number of nitrogens with two attached hydrogens (primary N) is 1. The van der Waals surface area contributed by atoms with Gasteiger partial charge in [0.15, 0.2) is 0 Å². The van der Waals surface area contributed by atoms with E-state index in [4.69, 9.17) is 10.5 Å². The zero-order valence-corrected chi connectivity index (χ0v) is 13.1. The molecular formula is C16H27N3O2. The number of rotatable bonds is 10. The van der Waals surface area contributed by atoms with Gasteiger partial charge in [-0.1, -0.05) is 12.1 Å². The van der Waals surface area contributed by atoms with E-state index in [0.29, 0.717) is 13.0 Å². The molecule has 21 heavy (non-hydrogen) atoms. The van der Waals surface area contributed by atoms with Crippen molar-refractivity contribution in [2.75, 3.05) is 38.7 Å². The van der Waals surface area contributed by atoms with E-state index in [-0.39, 0.29) is 5.91 Å². The van der Waals surface area contributed by atoms with E-state index in [0.717, 1.165) is 44.0 Å². The maximum Gasteiger partial charge on any atom is 0.224 e. The molecule has 0 aliphatic carbocycles. The standard InChI is InChI=1S/C16H27N3O2/c1-3-21-11-10-19(2)9-5-8-16(20)18-15-7-4-6-14(12-15)13-17/h4,6-7,12H,3,5,8-11,13,17H2,1-2H3,(H,18,20). The van der Waals surface area contributed by atoms with Gasteiger partial charge in [0, 0.05) is 31.8 Å². The predicted octanol–water partition coefficient (Wildman–Crippen LogP) is 1.83. The smallest absolute Gasteiger partial charge is 0.224 e. The molecule has 1 aromatic rings. The highest BCUT2D eigenvalue weighted by Gasteiger charge is 2.04. The lowest BCUT2D eigenvalue weighted by atomic mass is 10.2. The van der Waals surface area contributed by atoms with Gasteiger partial charge in [0.2, 0.25) is 5.91 Å². The third-order valence-electron chi connectivity index (χ3n) is 3.21. The van der Waals surface area contributed by atoms with Crippen LogP contribution >= 0.6 is 0 Å². The molecule has 0 saturated carbocycles. The van der Waals surface area contributed by atoms with Gasteiger partial charge >= 0.3 is 0 Å². The number of nitrogens with zero attached hydrogens (tertiary/aromatic N) is 1. The quantitative estimate of drug-likeness (QED) is 0.646. The normalized spacial score (nSPS) is 10.9. The van der Waals surface area contributed by atoms with Crippen molar-refractivity contribution >= 4 is 11.6 Å². The first-order chi connectivity index (χ1) is 10.2. The summed E-state index contributed by atoms with van der Waals surface area (Å²) in [4.78, 5) is 14.0. The first-order valence-corrected chi connectivity index (χ1v) is 7.50. The largest absolute Gasteiger partial charge is 0.380 e. The van der Waals surface area contributed by atoms with Gasteiger partial charge in [-0.15, -0.1) is 0 Å². The molecule has 0 atom stereocenters. The minimum absolute atomic E-state index is 0.0439. The number of carbonyl (C=O) groups is 1. The summed E-state index contributed by atoms with van der Waals surface area (Å²) in [5.74, 6) is 0.0439. The van der Waals surface area contributed by atoms with Crippen LogP contribution in [0.2, 0.25) is 0 Å². The van der Waals surface area contributed by atoms with E-state index in [9.17, 15) is 4.79 Å². The average molecular weight is 293 g/mol. The fraction of sp³-hybridized carbons (Fsp3) is 0.562. The molecule has 0 heterocycles. The van der Waals surface area contributed by atoms with Crippen molar-refractivity contribution in [1.82, 2.24) is 4.90 Å². The van der Waals surface area contributed by atoms with E-state index in [1.165, 1.54) is 0 Å². The van der Waals surface area contributed by atoms with E-state index < -0.39 is 0 Å². The minimum Gasteiger partial charge on any atom is -0.380 e. The highest BCUT2D eigenvalue weighted by molar-refractivity contribution is 5.90. The Bertz CT molecular complexity index is 424. The Kier molecular flexibility index (Phi) is 8.66. The summed E-state index contributed by atoms with van der Waals surface area (Å²) in [5, 5.41) is 2.90. The molecule has 0 bridgehead atoms. The Morgan fingerprint density at radius 1 is 1.38 bits per heavy atom. The molecule has 0 radical (unpaired) electrons. The summed E-state index contributed by atoms with van der Waals surface area (Å²) in [7, 11) is 2.04. The Morgan fingerprint density at radius 2 is 2.19 bits per heavy atom. The fourth-order valence-corrected chi connectivity index (χ4v) is 1.99. The highest BCUT2D eigenvalue weighted by Crippen LogP contribution is 2.10. The van der Waals surface area contributed by atoms with Crippen LogP contribution in [-0.4, -0.2) is 44.2 Å². The molecule has 118 valence electrons. The third-order valence-corrected chi connectivity index (χ3v) is 3.21. The monoisotopic (exact) mass is 293 g/mol. The molecule has 0 fully saturated rings. The first kappa shape index (κ1) is 17.6. The van der Waals surface area contributed by atoms with Crippen molar-refractivity contribution in [3.05, 3.63) is 29.8 Å². The van der Waals surface area contributed by atoms with Crippen molar-refractivity contribution in [3.63, 3.8) is 0 Å². The second-order valence-electron chi connectivity index (χ2n) is 5.06. The van der Waals surface area contributed by atoms with E-state index in [1.54, 1.807) is 0 Å². The Hall–Kier alpha value is -1.43. The second-order valence-corrected chi connectivity index (χ2v) is 5.06. The molecule has 1 amide bonds. The van der Waals surface area contributed by atoms with E-state index >= 15 is 0 Å². The van der Waals surface area contributed by atoms with E-state index in [1.807, 2.05) is 38.2 Å². The van der Waals surface area contributed by atoms with Crippen LogP contribution in [0.1, 0.15) is 25.3 Å². The molecule has 0 aromatic heterocycles. The minimum atomic E-state index is 0.0439. The summed E-state index contributed by atoms with van der Waals surface area (Å²) < 4.78 is 5.30. The number of nitrogens with one attached hydrogen (secondary N) is 1. The van der Waals surface area contributed by atoms with Crippen LogP contribution < -0.4 is 11.1 Å². The SMILES string of the molecule is CCOCCN(C)CCCC(=O)Nc1cccc(CN)c1. The summed E-state index contributed by atoms with van der Waals surface area (Å²) in [6.45, 7) is 5.75. The summed E-state index contributed by atoms with van der Waals surface area (Å²) in [6.07, 6.45) is 1.36. The topological polar surface area (TPSA) is 67.6 Å². The van der Waals surface area contributed by atoms with Gasteiger partial charge in [-0.2, -0.15) is 0 Å². The molecule has 5 nitrogen and oxygen atoms in total. The number of hydrogen-bond donors (Lipinski definition) is 2. The number of amides is 1. The van der Waals surface area contributed by atoms with Gasteiger partial charge in [-0.05, 0) is 44.6 Å². The lowest BCUT2D eigenvalue weighted by Crippen LogP contribution is -2.25. The molecule has 0 aliphatic rings. The molecule has 0 saturated heterocycles. The number of anilines is 1. The summed E-state index contributed by atoms with van der Waals surface area (Å²) in [6, 6.07) is 7.64. The van der Waals surface area contributed by atoms with Gasteiger partial charge in [0.05, 0.1) is 6.61 Å². The van der Waals surface area contributed by atoms with Crippen LogP contribution in [0.5, 0.6) is 0 Å². The lowest BCUT2D eigenvalue weighted by Gasteiger charge is -2.16. The number of likely N-dealkylation sites (N-methyl/N-ethyl adjacent to an activating group) is 1. The zero-order valence-electron chi connectivity index (χ0n) is 13.1. The fourth-order valence-electron chi connectivity index (χ4n) is 1.99. The highest BCUT2D eigenvalue weighted by atomic mass is 16.5. The molecule has 1 rings (SSSR count). The molecule has 0 aliphatic heterocycles. The Labute approximate surface area is 127 Å². The van der Waals surface area contributed by atoms with Gasteiger partial charge in [-0.3, -0.25) is 4.79 Å². The Balaban J connectivity index is 2.21. The molecular weight excluding hydrogens is 266 g/mol. The van der Waals surface area contributed by atoms with Gasteiger partial charge in [0.25, 0.3) is 0 Å². The first-order valence-electron chi connectivity index (χ1n) is 7.50. The Morgan fingerprint density at radius 3 is 2.90 bits per heavy atom. The average Bonchev–Trinajstić information content (AvgIpc) is 2.47. The molecule has 5 heteroatoms.